The van der Waals surface area contributed by atoms with E-state index in [4.69, 9.17) is 4.74 Å². The van der Waals surface area contributed by atoms with E-state index in [0.29, 0.717) is 5.75 Å². The summed E-state index contributed by atoms with van der Waals surface area (Å²) >= 11 is 0. The molecule has 0 aliphatic carbocycles. The summed E-state index contributed by atoms with van der Waals surface area (Å²) in [6.45, 7) is 7.02. The maximum Gasteiger partial charge on any atom is 0.285 e. The predicted octanol–water partition coefficient (Wildman–Crippen LogP) is 3.48. The average Bonchev–Trinajstić information content (AvgIpc) is 2.26. The Balaban J connectivity index is 2.90. The first-order valence-electron chi connectivity index (χ1n) is 5.94. The van der Waals surface area contributed by atoms with E-state index in [0.717, 1.165) is 5.56 Å². The summed E-state index contributed by atoms with van der Waals surface area (Å²) in [5.74, 6) is -2.42. The van der Waals surface area contributed by atoms with Gasteiger partial charge in [0, 0.05) is 11.1 Å². The Kier molecular flexibility index (Phi) is 4.32. The van der Waals surface area contributed by atoms with Crippen molar-refractivity contribution in [1.29, 1.82) is 0 Å². The van der Waals surface area contributed by atoms with Gasteiger partial charge in [-0.15, -0.1) is 0 Å². The molecule has 102 valence electrons. The van der Waals surface area contributed by atoms with Crippen LogP contribution in [-0.2, 0) is 5.92 Å². The van der Waals surface area contributed by atoms with E-state index in [1.54, 1.807) is 6.07 Å². The van der Waals surface area contributed by atoms with Gasteiger partial charge in [-0.3, -0.25) is 0 Å². The number of ether oxygens (including phenoxy) is 1. The van der Waals surface area contributed by atoms with E-state index in [9.17, 15) is 8.78 Å². The van der Waals surface area contributed by atoms with Gasteiger partial charge in [-0.2, -0.15) is 8.78 Å². The van der Waals surface area contributed by atoms with Crippen molar-refractivity contribution in [3.63, 3.8) is 0 Å². The molecule has 0 saturated carbocycles. The molecule has 0 unspecified atom stereocenters. The smallest absolute Gasteiger partial charge is 0.285 e. The fraction of sp³-hybridized carbons (Fsp3) is 0.571. The van der Waals surface area contributed by atoms with Gasteiger partial charge < -0.3 is 10.1 Å². The third-order valence-electron chi connectivity index (χ3n) is 2.67. The van der Waals surface area contributed by atoms with E-state index in [2.05, 4.69) is 5.32 Å². The number of methoxy groups -OCH3 is 1. The Morgan fingerprint density at radius 1 is 1.22 bits per heavy atom. The lowest BCUT2D eigenvalue weighted by atomic mass is 10.0. The molecule has 4 heteroatoms. The van der Waals surface area contributed by atoms with Gasteiger partial charge in [-0.1, -0.05) is 12.1 Å². The minimum Gasteiger partial charge on any atom is -0.496 e. The van der Waals surface area contributed by atoms with Crippen LogP contribution in [0.5, 0.6) is 5.75 Å². The van der Waals surface area contributed by atoms with Gasteiger partial charge in [0.1, 0.15) is 5.75 Å². The summed E-state index contributed by atoms with van der Waals surface area (Å²) in [4.78, 5) is 0. The number of nitrogens with one attached hydrogen (secondary N) is 1. The van der Waals surface area contributed by atoms with Crippen LogP contribution < -0.4 is 10.1 Å². The maximum absolute atomic E-state index is 14.0. The lowest BCUT2D eigenvalue weighted by molar-refractivity contribution is -0.00878. The highest BCUT2D eigenvalue weighted by atomic mass is 19.3. The zero-order valence-electron chi connectivity index (χ0n) is 11.6. The maximum atomic E-state index is 14.0. The van der Waals surface area contributed by atoms with E-state index < -0.39 is 5.92 Å². The SMILES string of the molecule is COc1cc(C(F)(F)CNC(C)(C)C)ccc1C. The van der Waals surface area contributed by atoms with Gasteiger partial charge in [0.2, 0.25) is 0 Å². The Labute approximate surface area is 107 Å². The van der Waals surface area contributed by atoms with Crippen LogP contribution in [0, 0.1) is 6.92 Å². The average molecular weight is 257 g/mol. The third-order valence-corrected chi connectivity index (χ3v) is 2.67. The van der Waals surface area contributed by atoms with Gasteiger partial charge in [-0.05, 0) is 39.3 Å². The summed E-state index contributed by atoms with van der Waals surface area (Å²) < 4.78 is 33.1. The molecule has 1 aromatic rings. The Morgan fingerprint density at radius 3 is 2.33 bits per heavy atom. The lowest BCUT2D eigenvalue weighted by Crippen LogP contribution is -2.42. The fourth-order valence-electron chi connectivity index (χ4n) is 1.53. The zero-order valence-corrected chi connectivity index (χ0v) is 11.6. The highest BCUT2D eigenvalue weighted by Crippen LogP contribution is 2.31. The molecule has 0 heterocycles. The molecule has 2 nitrogen and oxygen atoms in total. The van der Waals surface area contributed by atoms with E-state index in [1.165, 1.54) is 19.2 Å². The zero-order chi connectivity index (χ0) is 14.0. The molecule has 0 atom stereocenters. The standard InChI is InChI=1S/C14H21F2NO/c1-10-6-7-11(8-12(10)18-5)14(15,16)9-17-13(2,3)4/h6-8,17H,9H2,1-5H3. The molecule has 0 aromatic heterocycles. The van der Waals surface area contributed by atoms with Gasteiger partial charge in [0.15, 0.2) is 0 Å². The topological polar surface area (TPSA) is 21.3 Å². The van der Waals surface area contributed by atoms with Crippen molar-refractivity contribution in [2.75, 3.05) is 13.7 Å². The van der Waals surface area contributed by atoms with Gasteiger partial charge in [0.25, 0.3) is 5.92 Å². The molecule has 0 amide bonds. The van der Waals surface area contributed by atoms with Crippen LogP contribution in [0.4, 0.5) is 8.78 Å². The highest BCUT2D eigenvalue weighted by molar-refractivity contribution is 5.38. The van der Waals surface area contributed by atoms with E-state index in [1.807, 2.05) is 27.7 Å². The molecule has 1 N–H and O–H groups in total. The van der Waals surface area contributed by atoms with Crippen molar-refractivity contribution < 1.29 is 13.5 Å². The quantitative estimate of drug-likeness (QED) is 0.891. The second-order valence-corrected chi connectivity index (χ2v) is 5.49. The molecule has 0 fully saturated rings. The van der Waals surface area contributed by atoms with Gasteiger partial charge in [-0.25, -0.2) is 0 Å². The van der Waals surface area contributed by atoms with E-state index in [-0.39, 0.29) is 17.6 Å². The molecule has 1 aromatic carbocycles. The van der Waals surface area contributed by atoms with Crippen molar-refractivity contribution in [3.05, 3.63) is 29.3 Å². The van der Waals surface area contributed by atoms with Crippen molar-refractivity contribution in [1.82, 2.24) is 5.32 Å². The van der Waals surface area contributed by atoms with Crippen molar-refractivity contribution in [3.8, 4) is 5.75 Å². The molecule has 18 heavy (non-hydrogen) atoms. The minimum absolute atomic E-state index is 0.0262. The number of benzene rings is 1. The van der Waals surface area contributed by atoms with Crippen LogP contribution in [0.15, 0.2) is 18.2 Å². The third kappa shape index (κ3) is 3.95. The summed E-state index contributed by atoms with van der Waals surface area (Å²) in [7, 11) is 1.48. The van der Waals surface area contributed by atoms with Crippen LogP contribution in [0.3, 0.4) is 0 Å². The molecule has 0 saturated heterocycles. The molecule has 0 bridgehead atoms. The monoisotopic (exact) mass is 257 g/mol. The van der Waals surface area contributed by atoms with Crippen molar-refractivity contribution in [2.45, 2.75) is 39.2 Å². The van der Waals surface area contributed by atoms with Crippen LogP contribution in [0.25, 0.3) is 0 Å². The Bertz CT molecular complexity index is 411. The van der Waals surface area contributed by atoms with Gasteiger partial charge >= 0.3 is 0 Å². The van der Waals surface area contributed by atoms with Crippen LogP contribution in [-0.4, -0.2) is 19.2 Å². The summed E-state index contributed by atoms with van der Waals surface area (Å²) in [5.41, 5.74) is 0.487. The minimum atomic E-state index is -2.91. The largest absolute Gasteiger partial charge is 0.496 e. The molecule has 1 rings (SSSR count). The number of rotatable bonds is 4. The number of hydrogen-bond acceptors (Lipinski definition) is 2. The number of hydrogen-bond donors (Lipinski definition) is 1. The van der Waals surface area contributed by atoms with Crippen LogP contribution in [0.2, 0.25) is 0 Å². The first kappa shape index (κ1) is 14.9. The molecular weight excluding hydrogens is 236 g/mol. The second-order valence-electron chi connectivity index (χ2n) is 5.49. The molecule has 0 aliphatic rings. The predicted molar refractivity (Wildman–Crippen MR) is 69.4 cm³/mol. The number of halogens is 2. The first-order valence-corrected chi connectivity index (χ1v) is 5.94. The Hall–Kier alpha value is -1.16. The molecular formula is C14H21F2NO. The highest BCUT2D eigenvalue weighted by Gasteiger charge is 2.33. The molecule has 0 spiro atoms. The normalized spacial score (nSPS) is 12.6. The summed E-state index contributed by atoms with van der Waals surface area (Å²) in [5, 5.41) is 2.82. The summed E-state index contributed by atoms with van der Waals surface area (Å²) in [6.07, 6.45) is 0. The van der Waals surface area contributed by atoms with Gasteiger partial charge in [0.05, 0.1) is 13.7 Å². The van der Waals surface area contributed by atoms with Crippen molar-refractivity contribution >= 4 is 0 Å². The van der Waals surface area contributed by atoms with Crippen LogP contribution in [0.1, 0.15) is 31.9 Å². The number of alkyl halides is 2. The van der Waals surface area contributed by atoms with Crippen molar-refractivity contribution in [2.24, 2.45) is 0 Å². The van der Waals surface area contributed by atoms with E-state index >= 15 is 0 Å². The fourth-order valence-corrected chi connectivity index (χ4v) is 1.53. The molecule has 0 aliphatic heterocycles. The molecule has 0 radical (unpaired) electrons. The number of aryl methyl sites for hydroxylation is 1. The first-order chi connectivity index (χ1) is 8.15. The second kappa shape index (κ2) is 5.22. The van der Waals surface area contributed by atoms with Crippen LogP contribution >= 0.6 is 0 Å². The Morgan fingerprint density at radius 2 is 1.83 bits per heavy atom. The summed E-state index contributed by atoms with van der Waals surface area (Å²) in [6, 6.07) is 4.50. The lowest BCUT2D eigenvalue weighted by Gasteiger charge is -2.25.